The molecule has 4 aromatic heterocycles. The second-order valence-corrected chi connectivity index (χ2v) is 16.3. The van der Waals surface area contributed by atoms with Crippen LogP contribution in [0.1, 0.15) is 83.9 Å². The molecule has 1 fully saturated rings. The number of alkyl carbamates (subject to hydrolysis) is 1. The molecule has 1 saturated heterocycles. The third-order valence-corrected chi connectivity index (χ3v) is 11.6. The number of ether oxygens (including phenoxy) is 1. The van der Waals surface area contributed by atoms with E-state index in [9.17, 15) is 18.8 Å². The number of aromatic nitrogens is 6. The zero-order valence-corrected chi connectivity index (χ0v) is 35.5. The van der Waals surface area contributed by atoms with Gasteiger partial charge in [-0.2, -0.15) is 0 Å². The zero-order valence-electron chi connectivity index (χ0n) is 35.5. The minimum absolute atomic E-state index is 0.0105. The van der Waals surface area contributed by atoms with Crippen molar-refractivity contribution in [3.8, 4) is 22.5 Å². The highest BCUT2D eigenvalue weighted by Crippen LogP contribution is 2.37. The summed E-state index contributed by atoms with van der Waals surface area (Å²) in [6, 6.07) is 8.77. The number of benzene rings is 2. The number of aryl methyl sites for hydroxylation is 1. The number of halogens is 2. The van der Waals surface area contributed by atoms with Gasteiger partial charge in [-0.3, -0.25) is 14.0 Å². The molecule has 60 heavy (non-hydrogen) atoms. The maximum atomic E-state index is 16.7. The van der Waals surface area contributed by atoms with Crippen LogP contribution in [0.25, 0.3) is 49.8 Å². The van der Waals surface area contributed by atoms with Crippen LogP contribution >= 0.6 is 0 Å². The summed E-state index contributed by atoms with van der Waals surface area (Å²) < 4.78 is 38.1. The standard InChI is InChI=1S/C44H54F2N10O4/c1-10-15-54(43(58)38(23(4)5)53-44(59)60-9)24(6)40-48-19-32(51-40)26-12-14-34-30(16-26)36(46)39-29-13-11-27(17-31(29)50-25(7)56(34)39)33-20-49-41(52-33)35-18-28(45)21-55(35)42(57)37(47-8)22(2)3/h11-14,16-17,19-20,22-24,28,35,37-38,47H,10,15,18,21H2,1-9H3,(H3,48,49,51,52,53,59)/p-1. The topological polar surface area (TPSA) is 164 Å². The fraction of sp³-hybridized carbons (Fsp3) is 0.455. The molecule has 5 heterocycles. The van der Waals surface area contributed by atoms with Crippen LogP contribution in [0.15, 0.2) is 48.8 Å². The molecular formula is C44H53F2N10O4-. The molecule has 5 unspecified atom stereocenters. The Balaban J connectivity index is 1.18. The van der Waals surface area contributed by atoms with Crippen molar-refractivity contribution in [1.29, 1.82) is 0 Å². The van der Waals surface area contributed by atoms with Crippen LogP contribution in [0.5, 0.6) is 0 Å². The fourth-order valence-corrected chi connectivity index (χ4v) is 8.47. The van der Waals surface area contributed by atoms with Crippen LogP contribution in [-0.2, 0) is 14.3 Å². The number of carbonyl (C=O) groups excluding carboxylic acids is 3. The van der Waals surface area contributed by atoms with Crippen molar-refractivity contribution in [2.24, 2.45) is 11.8 Å². The molecule has 6 aromatic rings. The Kier molecular flexibility index (Phi) is 12.0. The first-order valence-electron chi connectivity index (χ1n) is 20.5. The molecule has 3 amide bonds. The summed E-state index contributed by atoms with van der Waals surface area (Å²) in [7, 11) is 2.99. The van der Waals surface area contributed by atoms with Crippen molar-refractivity contribution in [1.82, 2.24) is 49.8 Å². The van der Waals surface area contributed by atoms with Crippen LogP contribution < -0.4 is 15.6 Å². The first kappa shape index (κ1) is 42.2. The van der Waals surface area contributed by atoms with E-state index < -0.39 is 42.2 Å². The Morgan fingerprint density at radius 1 is 1.03 bits per heavy atom. The highest BCUT2D eigenvalue weighted by atomic mass is 19.1. The van der Waals surface area contributed by atoms with Crippen molar-refractivity contribution >= 4 is 45.2 Å². The minimum Gasteiger partial charge on any atom is -0.453 e. The molecule has 0 radical (unpaired) electrons. The van der Waals surface area contributed by atoms with Gasteiger partial charge in [0.15, 0.2) is 5.82 Å². The quantitative estimate of drug-likeness (QED) is 0.111. The van der Waals surface area contributed by atoms with Gasteiger partial charge in [0.05, 0.1) is 54.2 Å². The average Bonchev–Trinajstić information content (AvgIpc) is 4.04. The Hall–Kier alpha value is -5.90. The summed E-state index contributed by atoms with van der Waals surface area (Å²) in [5, 5.41) is 6.74. The van der Waals surface area contributed by atoms with E-state index in [2.05, 4.69) is 25.6 Å². The molecule has 16 heteroatoms. The van der Waals surface area contributed by atoms with Crippen LogP contribution in [0.4, 0.5) is 13.6 Å². The van der Waals surface area contributed by atoms with E-state index in [4.69, 9.17) is 14.7 Å². The lowest BCUT2D eigenvalue weighted by Gasteiger charge is -2.35. The number of hydrogen-bond acceptors (Lipinski definition) is 8. The molecule has 14 nitrogen and oxygen atoms in total. The molecule has 0 aliphatic carbocycles. The van der Waals surface area contributed by atoms with E-state index in [1.54, 1.807) is 35.3 Å². The van der Waals surface area contributed by atoms with Crippen molar-refractivity contribution in [3.05, 3.63) is 72.1 Å². The lowest BCUT2D eigenvalue weighted by Crippen LogP contribution is -2.52. The number of alkyl halides is 1. The average molecular weight is 824 g/mol. The predicted octanol–water partition coefficient (Wildman–Crippen LogP) is 7.03. The zero-order chi connectivity index (χ0) is 43.2. The number of aromatic amines is 1. The number of nitrogens with one attached hydrogen (secondary N) is 3. The molecule has 318 valence electrons. The number of hydrogen-bond donors (Lipinski definition) is 3. The van der Waals surface area contributed by atoms with Gasteiger partial charge in [-0.05, 0) is 74.7 Å². The molecule has 1 aliphatic heterocycles. The number of carbonyl (C=O) groups is 3. The number of likely N-dealkylation sites (tertiary alicyclic amines) is 1. The number of imidazole rings is 2. The molecule has 0 saturated carbocycles. The normalized spacial score (nSPS) is 17.2. The Morgan fingerprint density at radius 3 is 2.45 bits per heavy atom. The first-order chi connectivity index (χ1) is 28.7. The van der Waals surface area contributed by atoms with Gasteiger partial charge < -0.3 is 40.1 Å². The lowest BCUT2D eigenvalue weighted by molar-refractivity contribution is -0.137. The van der Waals surface area contributed by atoms with E-state index >= 15 is 4.39 Å². The molecule has 5 atom stereocenters. The summed E-state index contributed by atoms with van der Waals surface area (Å²) in [5.41, 5.74) is 4.23. The second kappa shape index (κ2) is 17.0. The third kappa shape index (κ3) is 7.68. The van der Waals surface area contributed by atoms with E-state index in [-0.39, 0.29) is 36.6 Å². The SMILES string of the molecule is CCCN(C(=O)C(NC(=O)OC)C(C)C)C(C)c1nc(-c2ccc3c(c2)c(F)c2c4ccc(-c5cnc(C6CC(F)CN6C(=O)C(NC)C(C)C)[nH]5)cc4nc(C)n32)c[n-]1. The van der Waals surface area contributed by atoms with Crippen molar-refractivity contribution in [2.45, 2.75) is 91.6 Å². The first-order valence-corrected chi connectivity index (χ1v) is 20.5. The van der Waals surface area contributed by atoms with E-state index in [1.165, 1.54) is 7.11 Å². The minimum atomic E-state index is -1.16. The number of methoxy groups -OCH3 is 1. The van der Waals surface area contributed by atoms with Crippen LogP contribution in [0.2, 0.25) is 0 Å². The van der Waals surface area contributed by atoms with Gasteiger partial charge in [-0.1, -0.05) is 58.8 Å². The van der Waals surface area contributed by atoms with Gasteiger partial charge in [0.2, 0.25) is 11.8 Å². The molecule has 7 rings (SSSR count). The third-order valence-electron chi connectivity index (χ3n) is 11.6. The smallest absolute Gasteiger partial charge is 0.407 e. The second-order valence-electron chi connectivity index (χ2n) is 16.3. The van der Waals surface area contributed by atoms with E-state index in [0.717, 1.165) is 5.56 Å². The van der Waals surface area contributed by atoms with Gasteiger partial charge >= 0.3 is 6.09 Å². The van der Waals surface area contributed by atoms with Crippen molar-refractivity contribution < 1.29 is 27.9 Å². The van der Waals surface area contributed by atoms with Crippen LogP contribution in [0, 0.1) is 24.6 Å². The Morgan fingerprint density at radius 2 is 1.77 bits per heavy atom. The highest BCUT2D eigenvalue weighted by Gasteiger charge is 2.41. The van der Waals surface area contributed by atoms with E-state index in [1.807, 2.05) is 83.2 Å². The van der Waals surface area contributed by atoms with Gasteiger partial charge in [-0.25, -0.2) is 23.5 Å². The molecule has 2 aromatic carbocycles. The summed E-state index contributed by atoms with van der Waals surface area (Å²) in [6.07, 6.45) is 2.28. The highest BCUT2D eigenvalue weighted by molar-refractivity contribution is 6.03. The Bertz CT molecular complexity index is 2560. The summed E-state index contributed by atoms with van der Waals surface area (Å²) in [4.78, 5) is 64.7. The maximum absolute atomic E-state index is 16.7. The Labute approximate surface area is 347 Å². The van der Waals surface area contributed by atoms with Crippen LogP contribution in [-0.4, -0.2) is 97.5 Å². The van der Waals surface area contributed by atoms with Gasteiger partial charge in [0.25, 0.3) is 0 Å². The van der Waals surface area contributed by atoms with Crippen molar-refractivity contribution in [3.63, 3.8) is 0 Å². The number of amides is 3. The number of fused-ring (bicyclic) bond motifs is 5. The van der Waals surface area contributed by atoms with Gasteiger partial charge in [0, 0.05) is 35.3 Å². The maximum Gasteiger partial charge on any atom is 0.407 e. The molecular weight excluding hydrogens is 771 g/mol. The summed E-state index contributed by atoms with van der Waals surface area (Å²) in [6.45, 7) is 13.7. The largest absolute Gasteiger partial charge is 0.453 e. The fourth-order valence-electron chi connectivity index (χ4n) is 8.47. The summed E-state index contributed by atoms with van der Waals surface area (Å²) in [5.74, 6) is 0.536. The summed E-state index contributed by atoms with van der Waals surface area (Å²) >= 11 is 0. The van der Waals surface area contributed by atoms with Gasteiger partial charge in [-0.15, -0.1) is 0 Å². The number of nitrogens with zero attached hydrogens (tertiary/aromatic N) is 7. The van der Waals surface area contributed by atoms with Crippen molar-refractivity contribution in [2.75, 3.05) is 27.2 Å². The molecule has 3 N–H and O–H groups in total. The molecule has 0 spiro atoms. The number of rotatable bonds is 13. The number of H-pyrrole nitrogens is 1. The molecule has 0 bridgehead atoms. The predicted molar refractivity (Wildman–Crippen MR) is 225 cm³/mol. The monoisotopic (exact) mass is 823 g/mol. The van der Waals surface area contributed by atoms with Crippen LogP contribution in [0.3, 0.4) is 0 Å². The number of likely N-dealkylation sites (N-methyl/N-ethyl adjacent to an activating group) is 1. The lowest BCUT2D eigenvalue weighted by atomic mass is 10.0. The van der Waals surface area contributed by atoms with Gasteiger partial charge in [0.1, 0.15) is 23.9 Å². The van der Waals surface area contributed by atoms with E-state index in [0.29, 0.717) is 74.7 Å². The molecule has 1 aliphatic rings.